The van der Waals surface area contributed by atoms with Crippen LogP contribution in [0, 0.1) is 5.92 Å². The van der Waals surface area contributed by atoms with Gasteiger partial charge in [0.1, 0.15) is 5.82 Å². The van der Waals surface area contributed by atoms with E-state index in [1.165, 1.54) is 31.5 Å². The van der Waals surface area contributed by atoms with Crippen LogP contribution in [0.3, 0.4) is 0 Å². The molecule has 1 aromatic heterocycles. The second kappa shape index (κ2) is 6.36. The van der Waals surface area contributed by atoms with Crippen molar-refractivity contribution in [3.63, 3.8) is 0 Å². The van der Waals surface area contributed by atoms with Crippen molar-refractivity contribution in [3.05, 3.63) is 47.7 Å². The molecule has 0 amide bonds. The van der Waals surface area contributed by atoms with E-state index < -0.39 is 0 Å². The Morgan fingerprint density at radius 2 is 1.93 bits per heavy atom. The van der Waals surface area contributed by atoms with Crippen LogP contribution in [0.4, 0.5) is 5.82 Å². The van der Waals surface area contributed by atoms with E-state index in [1.54, 1.807) is 6.20 Å². The van der Waals surface area contributed by atoms with Gasteiger partial charge in [-0.1, -0.05) is 12.1 Å². The Balaban J connectivity index is 1.35. The number of aromatic nitrogens is 1. The number of hydrogen-bond acceptors (Lipinski definition) is 6. The monoisotopic (exact) mass is 378 g/mol. The Labute approximate surface area is 165 Å². The number of pyridine rings is 1. The molecule has 5 aliphatic heterocycles. The number of rotatable bonds is 3. The van der Waals surface area contributed by atoms with Gasteiger partial charge in [-0.2, -0.15) is 0 Å². The highest BCUT2D eigenvalue weighted by atomic mass is 16.7. The molecule has 2 aromatic rings. The second-order valence-corrected chi connectivity index (χ2v) is 8.55. The first kappa shape index (κ1) is 16.6. The maximum atomic E-state index is 6.17. The molecule has 4 saturated heterocycles. The summed E-state index contributed by atoms with van der Waals surface area (Å²) >= 11 is 0. The van der Waals surface area contributed by atoms with Gasteiger partial charge in [-0.3, -0.25) is 9.80 Å². The zero-order valence-corrected chi connectivity index (χ0v) is 16.0. The molecule has 1 aromatic carbocycles. The Morgan fingerprint density at radius 1 is 1.07 bits per heavy atom. The SMILES string of the molecule is Nc1ncccc1CN1C[C@H](c2ccc3c(c2)OCO3)[C@@H]2[C@H]1C1CCN2CC1. The van der Waals surface area contributed by atoms with E-state index in [1.807, 2.05) is 6.07 Å². The first-order chi connectivity index (χ1) is 13.8. The number of ether oxygens (including phenoxy) is 2. The summed E-state index contributed by atoms with van der Waals surface area (Å²) in [6, 6.07) is 11.8. The molecule has 6 heteroatoms. The summed E-state index contributed by atoms with van der Waals surface area (Å²) in [5.74, 6) is 3.68. The number of nitrogens with zero attached hydrogens (tertiary/aromatic N) is 3. The number of benzene rings is 1. The molecule has 5 aliphatic rings. The topological polar surface area (TPSA) is 63.9 Å². The molecular formula is C22H26N4O2. The standard InChI is InChI=1S/C22H26N4O2/c23-22-16(2-1-7-24-22)11-26-12-17(15-3-4-18-19(10-15)28-13-27-18)21-20(26)14-5-8-25(21)9-6-14/h1-4,7,10,14,17,20-21H,5-6,8-9,11-13H2,(H2,23,24)/t17-,20-,21-/m1/s1. The highest BCUT2D eigenvalue weighted by Gasteiger charge is 2.53. The normalized spacial score (nSPS) is 33.2. The number of fused-ring (bicyclic) bond motifs is 3. The second-order valence-electron chi connectivity index (χ2n) is 8.55. The Bertz CT molecular complexity index is 896. The van der Waals surface area contributed by atoms with Gasteiger partial charge in [0.2, 0.25) is 6.79 Å². The van der Waals surface area contributed by atoms with E-state index in [-0.39, 0.29) is 0 Å². The molecule has 3 atom stereocenters. The highest BCUT2D eigenvalue weighted by Crippen LogP contribution is 2.48. The first-order valence-electron chi connectivity index (χ1n) is 10.3. The maximum absolute atomic E-state index is 6.17. The van der Waals surface area contributed by atoms with Crippen molar-refractivity contribution in [2.75, 3.05) is 32.2 Å². The quantitative estimate of drug-likeness (QED) is 0.885. The molecule has 2 N–H and O–H groups in total. The fourth-order valence-corrected chi connectivity index (χ4v) is 5.96. The van der Waals surface area contributed by atoms with Crippen LogP contribution in [0.15, 0.2) is 36.5 Å². The minimum atomic E-state index is 0.329. The zero-order chi connectivity index (χ0) is 18.7. The van der Waals surface area contributed by atoms with Crippen molar-refractivity contribution in [1.82, 2.24) is 14.8 Å². The van der Waals surface area contributed by atoms with E-state index >= 15 is 0 Å². The van der Waals surface area contributed by atoms with Gasteiger partial charge in [-0.15, -0.1) is 0 Å². The smallest absolute Gasteiger partial charge is 0.231 e. The van der Waals surface area contributed by atoms with Gasteiger partial charge in [0, 0.05) is 42.9 Å². The number of nitrogens with two attached hydrogens (primary N) is 1. The van der Waals surface area contributed by atoms with E-state index in [0.717, 1.165) is 36.1 Å². The Hall–Kier alpha value is -2.31. The number of hydrogen-bond donors (Lipinski definition) is 1. The van der Waals surface area contributed by atoms with Gasteiger partial charge in [0.15, 0.2) is 11.5 Å². The van der Waals surface area contributed by atoms with Crippen LogP contribution in [0.2, 0.25) is 0 Å². The van der Waals surface area contributed by atoms with Crippen LogP contribution in [-0.2, 0) is 6.54 Å². The summed E-state index contributed by atoms with van der Waals surface area (Å²) in [4.78, 5) is 9.70. The molecule has 4 fully saturated rings. The third kappa shape index (κ3) is 2.51. The lowest BCUT2D eigenvalue weighted by Gasteiger charge is -2.51. The summed E-state index contributed by atoms with van der Waals surface area (Å²) in [6.45, 7) is 4.73. The van der Waals surface area contributed by atoms with Gasteiger partial charge in [-0.05, 0) is 55.6 Å². The third-order valence-corrected chi connectivity index (χ3v) is 7.22. The minimum Gasteiger partial charge on any atom is -0.454 e. The van der Waals surface area contributed by atoms with Crippen LogP contribution in [-0.4, -0.2) is 53.3 Å². The van der Waals surface area contributed by atoms with Crippen molar-refractivity contribution >= 4 is 5.82 Å². The predicted molar refractivity (Wildman–Crippen MR) is 106 cm³/mol. The molecule has 0 radical (unpaired) electrons. The molecule has 0 spiro atoms. The number of nitrogen functional groups attached to an aromatic ring is 1. The van der Waals surface area contributed by atoms with Gasteiger partial charge >= 0.3 is 0 Å². The Kier molecular flexibility index (Phi) is 3.77. The van der Waals surface area contributed by atoms with Crippen molar-refractivity contribution in [2.45, 2.75) is 37.4 Å². The lowest BCUT2D eigenvalue weighted by molar-refractivity contribution is -0.00866. The zero-order valence-electron chi connectivity index (χ0n) is 16.0. The lowest BCUT2D eigenvalue weighted by Crippen LogP contribution is -2.60. The van der Waals surface area contributed by atoms with Gasteiger partial charge in [0.05, 0.1) is 0 Å². The van der Waals surface area contributed by atoms with E-state index in [0.29, 0.717) is 30.6 Å². The minimum absolute atomic E-state index is 0.329. The number of anilines is 1. The molecule has 146 valence electrons. The third-order valence-electron chi connectivity index (χ3n) is 7.22. The van der Waals surface area contributed by atoms with Gasteiger partial charge in [-0.25, -0.2) is 4.98 Å². The van der Waals surface area contributed by atoms with Crippen molar-refractivity contribution in [2.24, 2.45) is 5.92 Å². The molecule has 6 heterocycles. The molecular weight excluding hydrogens is 352 g/mol. The first-order valence-corrected chi connectivity index (χ1v) is 10.3. The van der Waals surface area contributed by atoms with Crippen molar-refractivity contribution in [1.29, 1.82) is 0 Å². The Morgan fingerprint density at radius 3 is 2.79 bits per heavy atom. The lowest BCUT2D eigenvalue weighted by atomic mass is 9.75. The summed E-state index contributed by atoms with van der Waals surface area (Å²) in [6.07, 6.45) is 4.40. The van der Waals surface area contributed by atoms with Crippen molar-refractivity contribution < 1.29 is 9.47 Å². The van der Waals surface area contributed by atoms with Gasteiger partial charge < -0.3 is 15.2 Å². The van der Waals surface area contributed by atoms with E-state index in [2.05, 4.69) is 39.0 Å². The average molecular weight is 378 g/mol. The maximum Gasteiger partial charge on any atom is 0.231 e. The molecule has 6 nitrogen and oxygen atoms in total. The molecule has 2 bridgehead atoms. The molecule has 7 rings (SSSR count). The summed E-state index contributed by atoms with van der Waals surface area (Å²) in [5.41, 5.74) is 8.68. The van der Waals surface area contributed by atoms with Crippen LogP contribution in [0.5, 0.6) is 11.5 Å². The van der Waals surface area contributed by atoms with Crippen LogP contribution < -0.4 is 15.2 Å². The van der Waals surface area contributed by atoms with Gasteiger partial charge in [0.25, 0.3) is 0 Å². The average Bonchev–Trinajstić information content (AvgIpc) is 3.36. The van der Waals surface area contributed by atoms with Crippen molar-refractivity contribution in [3.8, 4) is 11.5 Å². The molecule has 28 heavy (non-hydrogen) atoms. The predicted octanol–water partition coefficient (Wildman–Crippen LogP) is 2.45. The number of likely N-dealkylation sites (tertiary alicyclic amines) is 1. The van der Waals surface area contributed by atoms with Crippen LogP contribution in [0.25, 0.3) is 0 Å². The summed E-state index contributed by atoms with van der Waals surface area (Å²) < 4.78 is 11.2. The fourth-order valence-electron chi connectivity index (χ4n) is 5.96. The highest BCUT2D eigenvalue weighted by molar-refractivity contribution is 5.46. The van der Waals surface area contributed by atoms with E-state index in [4.69, 9.17) is 15.2 Å². The fraction of sp³-hybridized carbons (Fsp3) is 0.500. The largest absolute Gasteiger partial charge is 0.454 e. The number of piperidine rings is 3. The molecule has 0 saturated carbocycles. The summed E-state index contributed by atoms with van der Waals surface area (Å²) in [7, 11) is 0. The van der Waals surface area contributed by atoms with E-state index in [9.17, 15) is 0 Å². The van der Waals surface area contributed by atoms with Crippen LogP contribution in [0.1, 0.15) is 29.9 Å². The molecule has 0 aliphatic carbocycles. The van der Waals surface area contributed by atoms with Crippen LogP contribution >= 0.6 is 0 Å². The molecule has 0 unspecified atom stereocenters. The summed E-state index contributed by atoms with van der Waals surface area (Å²) in [5, 5.41) is 0.